The zero-order valence-corrected chi connectivity index (χ0v) is 9.21. The van der Waals surface area contributed by atoms with Gasteiger partial charge in [0.05, 0.1) is 12.9 Å². The molecule has 86 valence electrons. The summed E-state index contributed by atoms with van der Waals surface area (Å²) >= 11 is 0. The molecule has 0 unspecified atom stereocenters. The van der Waals surface area contributed by atoms with Gasteiger partial charge in [0.2, 0.25) is 0 Å². The quantitative estimate of drug-likeness (QED) is 0.850. The Kier molecular flexibility index (Phi) is 2.29. The molecule has 0 saturated carbocycles. The van der Waals surface area contributed by atoms with E-state index in [0.717, 1.165) is 24.3 Å². The monoisotopic (exact) mass is 228 g/mol. The lowest BCUT2D eigenvalue weighted by Crippen LogP contribution is -2.17. The third-order valence-electron chi connectivity index (χ3n) is 2.68. The van der Waals surface area contributed by atoms with Gasteiger partial charge in [0.15, 0.2) is 11.6 Å². The van der Waals surface area contributed by atoms with Gasteiger partial charge in [-0.15, -0.1) is 0 Å². The maximum absolute atomic E-state index is 5.54. The van der Waals surface area contributed by atoms with Crippen molar-refractivity contribution in [2.45, 2.75) is 0 Å². The number of aliphatic imine (C=N–C) groups is 1. The molecule has 1 aromatic heterocycles. The van der Waals surface area contributed by atoms with Gasteiger partial charge in [0.25, 0.3) is 0 Å². The molecule has 1 aliphatic heterocycles. The molecular formula is C12H12N4O. The molecule has 0 spiro atoms. The van der Waals surface area contributed by atoms with E-state index in [1.165, 1.54) is 0 Å². The second-order valence-corrected chi connectivity index (χ2v) is 3.88. The Morgan fingerprint density at radius 2 is 2.24 bits per heavy atom. The molecule has 2 heterocycles. The van der Waals surface area contributed by atoms with Gasteiger partial charge in [-0.05, 0) is 12.1 Å². The Hall–Kier alpha value is -2.30. The van der Waals surface area contributed by atoms with Crippen LogP contribution in [0.25, 0.3) is 11.3 Å². The second-order valence-electron chi connectivity index (χ2n) is 3.88. The van der Waals surface area contributed by atoms with Crippen LogP contribution in [0.15, 0.2) is 39.8 Å². The van der Waals surface area contributed by atoms with Crippen molar-refractivity contribution < 1.29 is 4.52 Å². The highest BCUT2D eigenvalue weighted by atomic mass is 16.5. The van der Waals surface area contributed by atoms with Crippen molar-refractivity contribution >= 4 is 17.8 Å². The fraction of sp³-hybridized carbons (Fsp3) is 0.167. The maximum Gasteiger partial charge on any atom is 0.169 e. The van der Waals surface area contributed by atoms with Crippen molar-refractivity contribution in [3.63, 3.8) is 0 Å². The number of nitrogens with zero attached hydrogens (tertiary/aromatic N) is 3. The lowest BCUT2D eigenvalue weighted by atomic mass is 10.1. The normalized spacial score (nSPS) is 14.5. The van der Waals surface area contributed by atoms with Crippen LogP contribution in [0.4, 0.5) is 11.5 Å². The highest BCUT2D eigenvalue weighted by Crippen LogP contribution is 2.25. The van der Waals surface area contributed by atoms with Crippen LogP contribution in [0.5, 0.6) is 0 Å². The van der Waals surface area contributed by atoms with Crippen LogP contribution in [0, 0.1) is 0 Å². The largest absolute Gasteiger partial charge is 0.381 e. The van der Waals surface area contributed by atoms with Crippen molar-refractivity contribution in [1.29, 1.82) is 0 Å². The second kappa shape index (κ2) is 3.93. The van der Waals surface area contributed by atoms with Gasteiger partial charge in [-0.2, -0.15) is 0 Å². The van der Waals surface area contributed by atoms with Crippen molar-refractivity contribution in [3.05, 3.63) is 30.3 Å². The Labute approximate surface area is 98.5 Å². The average Bonchev–Trinajstić information content (AvgIpc) is 3.00. The summed E-state index contributed by atoms with van der Waals surface area (Å²) in [4.78, 5) is 6.29. The number of hydrogen-bond acceptors (Lipinski definition) is 5. The van der Waals surface area contributed by atoms with E-state index in [9.17, 15) is 0 Å². The number of hydrogen-bond donors (Lipinski definition) is 1. The number of anilines is 2. The van der Waals surface area contributed by atoms with E-state index in [-0.39, 0.29) is 0 Å². The van der Waals surface area contributed by atoms with Gasteiger partial charge in [-0.3, -0.25) is 4.99 Å². The highest BCUT2D eigenvalue weighted by molar-refractivity contribution is 5.82. The predicted molar refractivity (Wildman–Crippen MR) is 67.1 cm³/mol. The number of aromatic nitrogens is 1. The van der Waals surface area contributed by atoms with Crippen LogP contribution < -0.4 is 10.6 Å². The predicted octanol–water partition coefficient (Wildman–Crippen LogP) is 1.77. The standard InChI is InChI=1S/C12H12N4O/c13-12-7-11(17-15-12)9-2-1-3-10(6-9)16-5-4-14-8-16/h1-3,6-8H,4-5H2,(H2,13,15). The van der Waals surface area contributed by atoms with Crippen molar-refractivity contribution in [1.82, 2.24) is 5.16 Å². The number of nitrogen functional groups attached to an aromatic ring is 1. The number of nitrogens with two attached hydrogens (primary N) is 1. The summed E-state index contributed by atoms with van der Waals surface area (Å²) in [6, 6.07) is 9.75. The molecule has 0 aliphatic carbocycles. The molecule has 0 fully saturated rings. The summed E-state index contributed by atoms with van der Waals surface area (Å²) in [6.07, 6.45) is 1.86. The summed E-state index contributed by atoms with van der Waals surface area (Å²) in [6.45, 7) is 1.77. The molecule has 0 amide bonds. The molecule has 2 N–H and O–H groups in total. The molecule has 3 rings (SSSR count). The molecule has 2 aromatic rings. The minimum absolute atomic E-state index is 0.396. The van der Waals surface area contributed by atoms with E-state index in [0.29, 0.717) is 11.6 Å². The van der Waals surface area contributed by atoms with Crippen LogP contribution >= 0.6 is 0 Å². The maximum atomic E-state index is 5.54. The Morgan fingerprint density at radius 1 is 1.29 bits per heavy atom. The lowest BCUT2D eigenvalue weighted by Gasteiger charge is -2.14. The molecule has 0 bridgehead atoms. The minimum atomic E-state index is 0.396. The fourth-order valence-electron chi connectivity index (χ4n) is 1.84. The van der Waals surface area contributed by atoms with Gasteiger partial charge >= 0.3 is 0 Å². The van der Waals surface area contributed by atoms with Gasteiger partial charge < -0.3 is 15.2 Å². The van der Waals surface area contributed by atoms with E-state index in [1.807, 2.05) is 30.6 Å². The SMILES string of the molecule is Nc1cc(-c2cccc(N3C=NCC3)c2)on1. The first-order valence-corrected chi connectivity index (χ1v) is 5.42. The lowest BCUT2D eigenvalue weighted by molar-refractivity contribution is 0.436. The van der Waals surface area contributed by atoms with Crippen LogP contribution in [0.3, 0.4) is 0 Å². The molecule has 0 atom stereocenters. The Morgan fingerprint density at radius 3 is 2.94 bits per heavy atom. The van der Waals surface area contributed by atoms with Gasteiger partial charge in [0.1, 0.15) is 0 Å². The van der Waals surface area contributed by atoms with Crippen LogP contribution in [0.2, 0.25) is 0 Å². The summed E-state index contributed by atoms with van der Waals surface area (Å²) in [5.41, 5.74) is 7.60. The van der Waals surface area contributed by atoms with Crippen molar-refractivity contribution in [2.24, 2.45) is 4.99 Å². The van der Waals surface area contributed by atoms with Gasteiger partial charge in [0, 0.05) is 23.9 Å². The summed E-state index contributed by atoms with van der Waals surface area (Å²) in [7, 11) is 0. The fourth-order valence-corrected chi connectivity index (χ4v) is 1.84. The zero-order chi connectivity index (χ0) is 11.7. The van der Waals surface area contributed by atoms with E-state index >= 15 is 0 Å². The van der Waals surface area contributed by atoms with Crippen LogP contribution in [-0.4, -0.2) is 24.6 Å². The van der Waals surface area contributed by atoms with Crippen molar-refractivity contribution in [3.8, 4) is 11.3 Å². The molecule has 1 aliphatic rings. The topological polar surface area (TPSA) is 67.7 Å². The minimum Gasteiger partial charge on any atom is -0.381 e. The first-order chi connectivity index (χ1) is 8.33. The zero-order valence-electron chi connectivity index (χ0n) is 9.21. The molecular weight excluding hydrogens is 216 g/mol. The Bertz CT molecular complexity index is 561. The third kappa shape index (κ3) is 1.87. The Balaban J connectivity index is 1.96. The molecule has 5 heteroatoms. The van der Waals surface area contributed by atoms with Crippen molar-refractivity contribution in [2.75, 3.05) is 23.7 Å². The van der Waals surface area contributed by atoms with Gasteiger partial charge in [-0.25, -0.2) is 0 Å². The molecule has 17 heavy (non-hydrogen) atoms. The third-order valence-corrected chi connectivity index (χ3v) is 2.68. The van der Waals surface area contributed by atoms with E-state index in [1.54, 1.807) is 6.07 Å². The first-order valence-electron chi connectivity index (χ1n) is 5.42. The summed E-state index contributed by atoms with van der Waals surface area (Å²) in [5, 5.41) is 3.68. The summed E-state index contributed by atoms with van der Waals surface area (Å²) < 4.78 is 5.14. The van der Waals surface area contributed by atoms with Gasteiger partial charge in [-0.1, -0.05) is 17.3 Å². The van der Waals surface area contributed by atoms with E-state index in [2.05, 4.69) is 15.0 Å². The molecule has 0 radical (unpaired) electrons. The molecule has 5 nitrogen and oxygen atoms in total. The highest BCUT2D eigenvalue weighted by Gasteiger charge is 2.10. The number of rotatable bonds is 2. The van der Waals surface area contributed by atoms with E-state index < -0.39 is 0 Å². The smallest absolute Gasteiger partial charge is 0.169 e. The molecule has 1 aromatic carbocycles. The number of benzene rings is 1. The first kappa shape index (κ1) is 9.89. The molecule has 0 saturated heterocycles. The average molecular weight is 228 g/mol. The van der Waals surface area contributed by atoms with E-state index in [4.69, 9.17) is 10.3 Å². The summed E-state index contributed by atoms with van der Waals surface area (Å²) in [5.74, 6) is 1.08. The van der Waals surface area contributed by atoms with Crippen LogP contribution in [0.1, 0.15) is 0 Å². The van der Waals surface area contributed by atoms with Crippen LogP contribution in [-0.2, 0) is 0 Å².